The van der Waals surface area contributed by atoms with E-state index < -0.39 is 70.7 Å². The van der Waals surface area contributed by atoms with Crippen LogP contribution in [0.2, 0.25) is 0 Å². The molecule has 0 saturated heterocycles. The fraction of sp³-hybridized carbons (Fsp3) is 0.425. The number of halogens is 4. The van der Waals surface area contributed by atoms with Crippen LogP contribution in [0.5, 0.6) is 0 Å². The van der Waals surface area contributed by atoms with Gasteiger partial charge in [0.2, 0.25) is 17.7 Å². The Labute approximate surface area is 310 Å². The zero-order chi connectivity index (χ0) is 39.2. The van der Waals surface area contributed by atoms with Crippen LogP contribution in [-0.2, 0) is 56.0 Å². The second-order valence-corrected chi connectivity index (χ2v) is 14.1. The summed E-state index contributed by atoms with van der Waals surface area (Å²) in [7, 11) is 0. The maximum absolute atomic E-state index is 14.7. The van der Waals surface area contributed by atoms with E-state index >= 15 is 0 Å². The summed E-state index contributed by atoms with van der Waals surface area (Å²) in [5.41, 5.74) is -1.02. The molecule has 3 unspecified atom stereocenters. The number of rotatable bonds is 14. The highest BCUT2D eigenvalue weighted by atomic mass is 19.4. The minimum atomic E-state index is -4.65. The first kappa shape index (κ1) is 39.9. The summed E-state index contributed by atoms with van der Waals surface area (Å²) in [5.74, 6) is -4.17. The highest BCUT2D eigenvalue weighted by molar-refractivity contribution is 5.98. The van der Waals surface area contributed by atoms with E-state index in [-0.39, 0.29) is 48.8 Å². The number of aryl methyl sites for hydroxylation is 1. The molecule has 5 rings (SSSR count). The van der Waals surface area contributed by atoms with Crippen LogP contribution < -0.4 is 16.0 Å². The number of fused-ring (bicyclic) bond motifs is 3. The number of hydrogen-bond acceptors (Lipinski definition) is 6. The van der Waals surface area contributed by atoms with Crippen LogP contribution in [0.25, 0.3) is 10.9 Å². The van der Waals surface area contributed by atoms with Gasteiger partial charge in [-0.1, -0.05) is 70.9 Å². The number of carbonyl (C=O) groups is 4. The Morgan fingerprint density at radius 2 is 1.61 bits per heavy atom. The predicted octanol–water partition coefficient (Wildman–Crippen LogP) is 6.11. The van der Waals surface area contributed by atoms with E-state index in [1.54, 1.807) is 44.4 Å². The molecule has 4 N–H and O–H groups in total. The van der Waals surface area contributed by atoms with E-state index in [2.05, 4.69) is 25.9 Å². The normalized spacial score (nSPS) is 17.8. The molecule has 5 atom stereocenters. The second kappa shape index (κ2) is 16.8. The molecule has 0 saturated carbocycles. The van der Waals surface area contributed by atoms with Crippen molar-refractivity contribution < 1.29 is 41.5 Å². The molecule has 0 bridgehead atoms. The molecule has 3 amide bonds. The monoisotopic (exact) mass is 751 g/mol. The number of aromatic nitrogens is 2. The molecular weight excluding hydrogens is 706 g/mol. The molecule has 10 nitrogen and oxygen atoms in total. The third kappa shape index (κ3) is 8.91. The number of H-pyrrole nitrogens is 1. The number of para-hydroxylation sites is 1. The highest BCUT2D eigenvalue weighted by Crippen LogP contribution is 2.40. The molecule has 14 heteroatoms. The Kier molecular flexibility index (Phi) is 12.4. The van der Waals surface area contributed by atoms with Gasteiger partial charge in [0.05, 0.1) is 17.5 Å². The highest BCUT2D eigenvalue weighted by Gasteiger charge is 2.47. The quantitative estimate of drug-likeness (QED) is 0.0905. The van der Waals surface area contributed by atoms with Gasteiger partial charge in [-0.3, -0.25) is 19.4 Å². The summed E-state index contributed by atoms with van der Waals surface area (Å²) < 4.78 is 62.1. The van der Waals surface area contributed by atoms with Gasteiger partial charge in [-0.2, -0.15) is 13.2 Å². The van der Waals surface area contributed by atoms with Crippen molar-refractivity contribution in [1.29, 1.82) is 0 Å². The molecule has 0 aliphatic heterocycles. The Morgan fingerprint density at radius 1 is 0.926 bits per heavy atom. The topological polar surface area (TPSA) is 142 Å². The van der Waals surface area contributed by atoms with E-state index in [9.17, 15) is 36.7 Å². The van der Waals surface area contributed by atoms with Crippen molar-refractivity contribution in [2.24, 2.45) is 11.8 Å². The largest absolute Gasteiger partial charge is 0.459 e. The van der Waals surface area contributed by atoms with Crippen molar-refractivity contribution >= 4 is 34.6 Å². The van der Waals surface area contributed by atoms with Crippen molar-refractivity contribution in [2.75, 3.05) is 0 Å². The SMILES string of the molecule is CCC(C)C(NC(=O)[C@@]1(NC(=O)[C@@H](NC(=O)Cc2ccccc2F)C(C)CC)CCc2[nH]c3c(C(F)(F)F)cccc3c2C1)C(=O)OCc1ccncc1. The fourth-order valence-electron chi connectivity index (χ4n) is 6.79. The van der Waals surface area contributed by atoms with Crippen LogP contribution in [0.3, 0.4) is 0 Å². The van der Waals surface area contributed by atoms with Gasteiger partial charge >= 0.3 is 12.1 Å². The maximum Gasteiger partial charge on any atom is 0.418 e. The van der Waals surface area contributed by atoms with Crippen molar-refractivity contribution in [2.45, 2.75) is 96.6 Å². The summed E-state index contributed by atoms with van der Waals surface area (Å²) in [6, 6.07) is 10.6. The van der Waals surface area contributed by atoms with Crippen LogP contribution in [0.1, 0.15) is 74.9 Å². The lowest BCUT2D eigenvalue weighted by Crippen LogP contribution is -2.66. The van der Waals surface area contributed by atoms with Gasteiger partial charge in [-0.05, 0) is 65.6 Å². The number of hydrogen-bond donors (Lipinski definition) is 4. The minimum absolute atomic E-state index is 0.0402. The van der Waals surface area contributed by atoms with Gasteiger partial charge in [0.1, 0.15) is 30.0 Å². The molecule has 0 radical (unpaired) electrons. The predicted molar refractivity (Wildman–Crippen MR) is 193 cm³/mol. The smallest absolute Gasteiger partial charge is 0.418 e. The zero-order valence-electron chi connectivity index (χ0n) is 30.6. The molecule has 1 aliphatic rings. The number of pyridine rings is 1. The number of amides is 3. The molecular formula is C40H45F4N5O5. The Bertz CT molecular complexity index is 1980. The summed E-state index contributed by atoms with van der Waals surface area (Å²) in [6.07, 6.45) is -1.12. The van der Waals surface area contributed by atoms with E-state index in [4.69, 9.17) is 4.74 Å². The first-order chi connectivity index (χ1) is 25.7. The molecule has 54 heavy (non-hydrogen) atoms. The molecule has 2 aromatic carbocycles. The van der Waals surface area contributed by atoms with Crippen molar-refractivity contribution in [3.63, 3.8) is 0 Å². The first-order valence-corrected chi connectivity index (χ1v) is 18.1. The summed E-state index contributed by atoms with van der Waals surface area (Å²) in [4.78, 5) is 62.6. The standard InChI is InChI=1S/C40H45F4N5O5/c1-5-23(3)33(47-32(50)20-26-10-7-8-13-30(26)41)36(51)49-39(17-14-31-28(21-39)27-11-9-12-29(35(27)46-31)40(42,43)44)38(53)48-34(24(4)6-2)37(52)54-22-25-15-18-45-19-16-25/h7-13,15-16,18-19,23-24,33-34,46H,5-6,14,17,20-22H2,1-4H3,(H,47,50)(H,48,53)(H,49,51)/t23?,24?,33-,34?,39+/m0/s1. The molecule has 0 spiro atoms. The Morgan fingerprint density at radius 3 is 2.28 bits per heavy atom. The van der Waals surface area contributed by atoms with Crippen LogP contribution in [0, 0.1) is 17.7 Å². The van der Waals surface area contributed by atoms with Crippen LogP contribution in [0.15, 0.2) is 67.0 Å². The van der Waals surface area contributed by atoms with Gasteiger partial charge in [-0.25, -0.2) is 9.18 Å². The Hall–Kier alpha value is -5.27. The molecule has 288 valence electrons. The van der Waals surface area contributed by atoms with Crippen molar-refractivity contribution in [3.8, 4) is 0 Å². The lowest BCUT2D eigenvalue weighted by Gasteiger charge is -2.39. The van der Waals surface area contributed by atoms with E-state index in [0.717, 1.165) is 6.07 Å². The number of carbonyl (C=O) groups excluding carboxylic acids is 4. The van der Waals surface area contributed by atoms with Gasteiger partial charge in [0.15, 0.2) is 0 Å². The summed E-state index contributed by atoms with van der Waals surface area (Å²) in [5, 5.41) is 8.69. The average Bonchev–Trinajstić information content (AvgIpc) is 3.52. The van der Waals surface area contributed by atoms with Crippen LogP contribution in [-0.4, -0.2) is 51.3 Å². The van der Waals surface area contributed by atoms with Gasteiger partial charge in [0.25, 0.3) is 0 Å². The fourth-order valence-corrected chi connectivity index (χ4v) is 6.79. The third-order valence-electron chi connectivity index (χ3n) is 10.4. The number of nitrogens with zero attached hydrogens (tertiary/aromatic N) is 1. The van der Waals surface area contributed by atoms with Gasteiger partial charge < -0.3 is 25.7 Å². The summed E-state index contributed by atoms with van der Waals surface area (Å²) in [6.45, 7) is 7.10. The molecule has 0 fully saturated rings. The molecule has 2 heterocycles. The van der Waals surface area contributed by atoms with Crippen molar-refractivity contribution in [1.82, 2.24) is 25.9 Å². The summed E-state index contributed by atoms with van der Waals surface area (Å²) >= 11 is 0. The first-order valence-electron chi connectivity index (χ1n) is 18.1. The second-order valence-electron chi connectivity index (χ2n) is 14.1. The van der Waals surface area contributed by atoms with E-state index in [0.29, 0.717) is 29.7 Å². The molecule has 2 aromatic heterocycles. The maximum atomic E-state index is 14.7. The molecule has 1 aliphatic carbocycles. The number of alkyl halides is 3. The lowest BCUT2D eigenvalue weighted by molar-refractivity contribution is -0.151. The number of esters is 1. The number of ether oxygens (including phenoxy) is 1. The van der Waals surface area contributed by atoms with Crippen LogP contribution in [0.4, 0.5) is 17.6 Å². The number of nitrogens with one attached hydrogen (secondary N) is 4. The van der Waals surface area contributed by atoms with Crippen molar-refractivity contribution in [3.05, 3.63) is 101 Å². The third-order valence-corrected chi connectivity index (χ3v) is 10.4. The van der Waals surface area contributed by atoms with E-state index in [1.165, 1.54) is 30.3 Å². The van der Waals surface area contributed by atoms with Gasteiger partial charge in [-0.15, -0.1) is 0 Å². The number of aromatic amines is 1. The van der Waals surface area contributed by atoms with Crippen LogP contribution >= 0.6 is 0 Å². The lowest BCUT2D eigenvalue weighted by atomic mass is 9.78. The Balaban J connectivity index is 1.49. The minimum Gasteiger partial charge on any atom is -0.459 e. The van der Waals surface area contributed by atoms with E-state index in [1.807, 2.05) is 13.8 Å². The number of benzene rings is 2. The molecule has 4 aromatic rings. The van der Waals surface area contributed by atoms with Gasteiger partial charge in [0, 0.05) is 29.9 Å². The zero-order valence-corrected chi connectivity index (χ0v) is 30.6. The average molecular weight is 752 g/mol.